The van der Waals surface area contributed by atoms with Gasteiger partial charge in [-0.2, -0.15) is 0 Å². The average Bonchev–Trinajstić information content (AvgIpc) is 3.11. The van der Waals surface area contributed by atoms with Gasteiger partial charge in [0.05, 0.1) is 0 Å². The van der Waals surface area contributed by atoms with E-state index < -0.39 is 0 Å². The molecule has 1 aliphatic heterocycles. The van der Waals surface area contributed by atoms with Crippen LogP contribution in [0.15, 0.2) is 30.0 Å². The van der Waals surface area contributed by atoms with Gasteiger partial charge >= 0.3 is 0 Å². The highest BCUT2D eigenvalue weighted by Gasteiger charge is 2.60. The van der Waals surface area contributed by atoms with Crippen LogP contribution in [0.2, 0.25) is 0 Å². The molecule has 5 rings (SSSR count). The summed E-state index contributed by atoms with van der Waals surface area (Å²) in [7, 11) is 0. The molecule has 1 heterocycles. The number of hydrogen-bond donors (Lipinski definition) is 2. The van der Waals surface area contributed by atoms with Crippen LogP contribution in [-0.4, -0.2) is 18.2 Å². The lowest BCUT2D eigenvalue weighted by molar-refractivity contribution is -0.127. The van der Waals surface area contributed by atoms with Crippen LogP contribution in [0.1, 0.15) is 84.3 Å². The zero-order valence-electron chi connectivity index (χ0n) is 21.9. The number of hydrogen-bond acceptors (Lipinski definition) is 3. The van der Waals surface area contributed by atoms with Gasteiger partial charge in [-0.05, 0) is 84.8 Å². The first-order valence-electron chi connectivity index (χ1n) is 13.3. The molecule has 0 bridgehead atoms. The minimum Gasteiger partial charge on any atom is -0.387 e. The molecule has 2 N–H and O–H groups in total. The molecule has 0 spiro atoms. The molecule has 184 valence electrons. The fourth-order valence-corrected chi connectivity index (χ4v) is 8.21. The number of rotatable bonds is 2. The Kier molecular flexibility index (Phi) is 5.53. The summed E-state index contributed by atoms with van der Waals surface area (Å²) in [6.07, 6.45) is 7.88. The van der Waals surface area contributed by atoms with Crippen LogP contribution >= 0.6 is 0 Å². The Bertz CT molecular complexity index is 1050. The van der Waals surface area contributed by atoms with Crippen molar-refractivity contribution < 1.29 is 9.59 Å². The molecule has 34 heavy (non-hydrogen) atoms. The fraction of sp³-hybridized carbons (Fsp3) is 0.667. The van der Waals surface area contributed by atoms with E-state index >= 15 is 0 Å². The molecule has 1 saturated heterocycles. The van der Waals surface area contributed by atoms with Gasteiger partial charge in [-0.1, -0.05) is 46.8 Å². The quantitative estimate of drug-likeness (QED) is 0.554. The van der Waals surface area contributed by atoms with Gasteiger partial charge in [-0.3, -0.25) is 9.59 Å². The average molecular weight is 463 g/mol. The number of amides is 1. The summed E-state index contributed by atoms with van der Waals surface area (Å²) in [6.45, 7) is 14.4. The van der Waals surface area contributed by atoms with Crippen molar-refractivity contribution in [2.24, 2.45) is 34.5 Å². The Morgan fingerprint density at radius 2 is 1.85 bits per heavy atom. The second kappa shape index (κ2) is 7.96. The molecule has 0 aromatic heterocycles. The third kappa shape index (κ3) is 3.63. The summed E-state index contributed by atoms with van der Waals surface area (Å²) in [5.41, 5.74) is 4.64. The van der Waals surface area contributed by atoms with Crippen molar-refractivity contribution in [3.8, 4) is 0 Å². The van der Waals surface area contributed by atoms with Crippen molar-refractivity contribution in [2.75, 3.05) is 11.9 Å². The number of carbonyl (C=O) groups excluding carboxylic acids is 2. The van der Waals surface area contributed by atoms with Gasteiger partial charge in [0.15, 0.2) is 5.78 Å². The van der Waals surface area contributed by atoms with Crippen LogP contribution in [0.4, 0.5) is 5.69 Å². The van der Waals surface area contributed by atoms with Gasteiger partial charge in [0.2, 0.25) is 5.91 Å². The van der Waals surface area contributed by atoms with Gasteiger partial charge < -0.3 is 10.6 Å². The lowest BCUT2D eigenvalue weighted by Gasteiger charge is -2.58. The Morgan fingerprint density at radius 3 is 2.59 bits per heavy atom. The predicted octanol–water partition coefficient (Wildman–Crippen LogP) is 6.15. The van der Waals surface area contributed by atoms with Gasteiger partial charge in [0.25, 0.3) is 0 Å². The van der Waals surface area contributed by atoms with Crippen LogP contribution in [0.25, 0.3) is 0 Å². The lowest BCUT2D eigenvalue weighted by Crippen LogP contribution is -2.57. The van der Waals surface area contributed by atoms with E-state index in [4.69, 9.17) is 0 Å². The lowest BCUT2D eigenvalue weighted by atomic mass is 9.50. The summed E-state index contributed by atoms with van der Waals surface area (Å²) in [6, 6.07) is 6.45. The second-order valence-corrected chi connectivity index (χ2v) is 13.2. The van der Waals surface area contributed by atoms with Crippen molar-refractivity contribution in [2.45, 2.75) is 85.5 Å². The van der Waals surface area contributed by atoms with Crippen molar-refractivity contribution in [3.05, 3.63) is 41.1 Å². The highest BCUT2D eigenvalue weighted by Crippen LogP contribution is 2.64. The number of carbonyl (C=O) groups is 2. The number of anilines is 1. The Morgan fingerprint density at radius 1 is 1.09 bits per heavy atom. The second-order valence-electron chi connectivity index (χ2n) is 13.2. The Labute approximate surface area is 205 Å². The predicted molar refractivity (Wildman–Crippen MR) is 137 cm³/mol. The van der Waals surface area contributed by atoms with Gasteiger partial charge in [0.1, 0.15) is 0 Å². The molecule has 4 heteroatoms. The molecule has 4 nitrogen and oxygen atoms in total. The maximum Gasteiger partial charge on any atom is 0.228 e. The van der Waals surface area contributed by atoms with E-state index in [1.54, 1.807) is 0 Å². The zero-order valence-corrected chi connectivity index (χ0v) is 21.9. The number of fused-ring (bicyclic) bond motifs is 5. The van der Waals surface area contributed by atoms with Crippen molar-refractivity contribution >= 4 is 17.4 Å². The van der Waals surface area contributed by atoms with E-state index in [2.05, 4.69) is 70.4 Å². The molecule has 1 aromatic rings. The minimum absolute atomic E-state index is 0.0215. The smallest absolute Gasteiger partial charge is 0.228 e. The van der Waals surface area contributed by atoms with Crippen LogP contribution in [0, 0.1) is 41.4 Å². The van der Waals surface area contributed by atoms with Crippen molar-refractivity contribution in [1.29, 1.82) is 0 Å². The van der Waals surface area contributed by atoms with Crippen molar-refractivity contribution in [1.82, 2.24) is 5.32 Å². The molecule has 2 saturated carbocycles. The molecule has 1 amide bonds. The standard InChI is InChI=1S/C30H42N2O2/c1-18-7-8-23(28(2,3)4)25(15-18)32-27(34)24-10-9-21-20-17-31-26-16-19(33)11-13-30(26,6)22(20)12-14-29(21,24)5/h7-8,15-16,20-22,24,31H,9-14,17H2,1-6H3,(H,32,34)/t20?,21?,22?,24-,29+,30-/m1/s1. The van der Waals surface area contributed by atoms with E-state index in [1.807, 2.05) is 6.08 Å². The van der Waals surface area contributed by atoms with Crippen LogP contribution in [0.3, 0.4) is 0 Å². The maximum atomic E-state index is 13.8. The molecule has 3 fully saturated rings. The third-order valence-electron chi connectivity index (χ3n) is 10.2. The molecule has 3 unspecified atom stereocenters. The van der Waals surface area contributed by atoms with Gasteiger partial charge in [-0.15, -0.1) is 0 Å². The highest BCUT2D eigenvalue weighted by atomic mass is 16.2. The van der Waals surface area contributed by atoms with E-state index in [0.717, 1.165) is 44.3 Å². The first kappa shape index (κ1) is 23.6. The van der Waals surface area contributed by atoms with E-state index in [9.17, 15) is 9.59 Å². The summed E-state index contributed by atoms with van der Waals surface area (Å²) in [4.78, 5) is 25.8. The Balaban J connectivity index is 1.38. The van der Waals surface area contributed by atoms with Gasteiger partial charge in [-0.25, -0.2) is 0 Å². The molecule has 6 atom stereocenters. The number of piperidine rings is 1. The van der Waals surface area contributed by atoms with E-state index in [1.165, 1.54) is 16.8 Å². The number of aryl methyl sites for hydroxylation is 1. The Hall–Kier alpha value is -2.10. The number of nitrogens with one attached hydrogen (secondary N) is 2. The summed E-state index contributed by atoms with van der Waals surface area (Å²) < 4.78 is 0. The number of benzene rings is 1. The van der Waals surface area contributed by atoms with Crippen LogP contribution in [0.5, 0.6) is 0 Å². The molecule has 4 aliphatic rings. The summed E-state index contributed by atoms with van der Waals surface area (Å²) in [5.74, 6) is 2.28. The van der Waals surface area contributed by atoms with Gasteiger partial charge in [0, 0.05) is 41.8 Å². The SMILES string of the molecule is Cc1ccc(C(C)(C)C)c(NC(=O)[C@H]2CCC3C4CNC5=CC(=O)CC[C@]5(C)C4CC[C@@]32C)c1. The number of allylic oxidation sites excluding steroid dienone is 2. The highest BCUT2D eigenvalue weighted by molar-refractivity contribution is 5.94. The normalized spacial score (nSPS) is 37.1. The molecule has 3 aliphatic carbocycles. The zero-order chi connectivity index (χ0) is 24.5. The topological polar surface area (TPSA) is 58.2 Å². The molecular formula is C30H42N2O2. The van der Waals surface area contributed by atoms with Crippen LogP contribution < -0.4 is 10.6 Å². The van der Waals surface area contributed by atoms with E-state index in [-0.39, 0.29) is 33.9 Å². The molecule has 1 aromatic carbocycles. The first-order valence-corrected chi connectivity index (χ1v) is 13.3. The molecule has 0 radical (unpaired) electrons. The molecular weight excluding hydrogens is 420 g/mol. The van der Waals surface area contributed by atoms with Crippen LogP contribution in [-0.2, 0) is 15.0 Å². The number of ketones is 1. The monoisotopic (exact) mass is 462 g/mol. The third-order valence-corrected chi connectivity index (χ3v) is 10.2. The van der Waals surface area contributed by atoms with E-state index in [0.29, 0.717) is 24.2 Å². The summed E-state index contributed by atoms with van der Waals surface area (Å²) in [5, 5.41) is 7.06. The minimum atomic E-state index is -0.0215. The maximum absolute atomic E-state index is 13.8. The summed E-state index contributed by atoms with van der Waals surface area (Å²) >= 11 is 0. The first-order chi connectivity index (χ1) is 15.9. The van der Waals surface area contributed by atoms with Crippen molar-refractivity contribution in [3.63, 3.8) is 0 Å². The fourth-order valence-electron chi connectivity index (χ4n) is 8.21. The largest absolute Gasteiger partial charge is 0.387 e.